The number of hydrogen-bond donors (Lipinski definition) is 1. The SMILES string of the molecule is CCn1c(-c2ccncc2)nc2cnc(Nc3ccc4c(c3)OCCO4)nc21. The zero-order valence-electron chi connectivity index (χ0n) is 15.3. The summed E-state index contributed by atoms with van der Waals surface area (Å²) < 4.78 is 13.3. The molecule has 3 aromatic heterocycles. The first-order chi connectivity index (χ1) is 13.8. The van der Waals surface area contributed by atoms with E-state index in [2.05, 4.69) is 26.8 Å². The molecular weight excluding hydrogens is 356 g/mol. The summed E-state index contributed by atoms with van der Waals surface area (Å²) >= 11 is 0. The van der Waals surface area contributed by atoms with Gasteiger partial charge in [-0.1, -0.05) is 0 Å². The lowest BCUT2D eigenvalue weighted by Gasteiger charge is -2.19. The maximum absolute atomic E-state index is 5.64. The molecule has 8 nitrogen and oxygen atoms in total. The van der Waals surface area contributed by atoms with Crippen LogP contribution in [0.4, 0.5) is 11.6 Å². The van der Waals surface area contributed by atoms with E-state index in [9.17, 15) is 0 Å². The first kappa shape index (κ1) is 16.5. The fourth-order valence-electron chi connectivity index (χ4n) is 3.25. The van der Waals surface area contributed by atoms with Crippen molar-refractivity contribution in [3.63, 3.8) is 0 Å². The van der Waals surface area contributed by atoms with Gasteiger partial charge < -0.3 is 19.4 Å². The Hall–Kier alpha value is -3.68. The Labute approximate surface area is 161 Å². The third kappa shape index (κ3) is 2.88. The number of rotatable bonds is 4. The van der Waals surface area contributed by atoms with Crippen LogP contribution in [0.15, 0.2) is 48.9 Å². The largest absolute Gasteiger partial charge is 0.486 e. The van der Waals surface area contributed by atoms with E-state index in [-0.39, 0.29) is 0 Å². The Balaban J connectivity index is 1.51. The van der Waals surface area contributed by atoms with Crippen molar-refractivity contribution in [1.82, 2.24) is 24.5 Å². The van der Waals surface area contributed by atoms with E-state index in [0.29, 0.717) is 19.2 Å². The number of ether oxygens (including phenoxy) is 2. The van der Waals surface area contributed by atoms with Crippen LogP contribution in [-0.2, 0) is 6.54 Å². The number of nitrogens with zero attached hydrogens (tertiary/aromatic N) is 5. The van der Waals surface area contributed by atoms with Crippen LogP contribution in [0.1, 0.15) is 6.92 Å². The van der Waals surface area contributed by atoms with Crippen LogP contribution in [0.3, 0.4) is 0 Å². The smallest absolute Gasteiger partial charge is 0.229 e. The van der Waals surface area contributed by atoms with Crippen molar-refractivity contribution in [2.75, 3.05) is 18.5 Å². The highest BCUT2D eigenvalue weighted by atomic mass is 16.6. The highest BCUT2D eigenvalue weighted by Gasteiger charge is 2.15. The van der Waals surface area contributed by atoms with Crippen LogP contribution in [0, 0.1) is 0 Å². The van der Waals surface area contributed by atoms with Gasteiger partial charge in [-0.05, 0) is 31.2 Å². The van der Waals surface area contributed by atoms with Crippen LogP contribution in [0.5, 0.6) is 11.5 Å². The van der Waals surface area contributed by atoms with Crippen molar-refractivity contribution in [1.29, 1.82) is 0 Å². The molecule has 5 rings (SSSR count). The van der Waals surface area contributed by atoms with E-state index in [1.807, 2.05) is 30.3 Å². The number of hydrogen-bond acceptors (Lipinski definition) is 7. The quantitative estimate of drug-likeness (QED) is 0.585. The average molecular weight is 374 g/mol. The van der Waals surface area contributed by atoms with E-state index in [1.54, 1.807) is 18.6 Å². The standard InChI is InChI=1S/C20H18N6O2/c1-2-26-18(13-5-7-21-8-6-13)24-15-12-22-20(25-19(15)26)23-14-3-4-16-17(11-14)28-10-9-27-16/h3-8,11-12H,2,9-10H2,1H3,(H,22,23,25). The summed E-state index contributed by atoms with van der Waals surface area (Å²) in [6, 6.07) is 9.57. The molecule has 0 fully saturated rings. The minimum absolute atomic E-state index is 0.500. The Morgan fingerprint density at radius 3 is 2.68 bits per heavy atom. The van der Waals surface area contributed by atoms with Gasteiger partial charge in [0.05, 0.1) is 6.20 Å². The summed E-state index contributed by atoms with van der Waals surface area (Å²) in [5.41, 5.74) is 3.36. The Morgan fingerprint density at radius 2 is 1.86 bits per heavy atom. The number of anilines is 2. The van der Waals surface area contributed by atoms with Gasteiger partial charge in [0.25, 0.3) is 0 Å². The van der Waals surface area contributed by atoms with E-state index >= 15 is 0 Å². The molecule has 0 unspecified atom stereocenters. The van der Waals surface area contributed by atoms with E-state index in [4.69, 9.17) is 19.4 Å². The van der Waals surface area contributed by atoms with Crippen LogP contribution in [-0.4, -0.2) is 37.7 Å². The molecule has 0 amide bonds. The molecule has 1 aromatic carbocycles. The highest BCUT2D eigenvalue weighted by molar-refractivity contribution is 5.78. The number of aromatic nitrogens is 5. The molecule has 1 aliphatic heterocycles. The Bertz CT molecular complexity index is 1140. The van der Waals surface area contributed by atoms with Gasteiger partial charge in [0.2, 0.25) is 5.95 Å². The maximum Gasteiger partial charge on any atom is 0.229 e. The van der Waals surface area contributed by atoms with Gasteiger partial charge in [-0.25, -0.2) is 9.97 Å². The van der Waals surface area contributed by atoms with Gasteiger partial charge >= 0.3 is 0 Å². The lowest BCUT2D eigenvalue weighted by atomic mass is 10.2. The monoisotopic (exact) mass is 374 g/mol. The predicted molar refractivity (Wildman–Crippen MR) is 105 cm³/mol. The Morgan fingerprint density at radius 1 is 1.04 bits per heavy atom. The second kappa shape index (κ2) is 6.80. The third-order valence-corrected chi connectivity index (χ3v) is 4.54. The molecule has 0 saturated carbocycles. The number of imidazole rings is 1. The molecule has 1 aliphatic rings. The molecule has 140 valence electrons. The summed E-state index contributed by atoms with van der Waals surface area (Å²) in [7, 11) is 0. The van der Waals surface area contributed by atoms with Gasteiger partial charge in [-0.3, -0.25) is 4.98 Å². The summed E-state index contributed by atoms with van der Waals surface area (Å²) in [6.07, 6.45) is 5.25. The zero-order chi connectivity index (χ0) is 18.9. The normalized spacial score (nSPS) is 12.9. The predicted octanol–water partition coefficient (Wildman–Crippen LogP) is 3.42. The number of aryl methyl sites for hydroxylation is 1. The molecule has 0 saturated heterocycles. The number of pyridine rings is 1. The first-order valence-corrected chi connectivity index (χ1v) is 9.12. The molecule has 0 spiro atoms. The lowest BCUT2D eigenvalue weighted by molar-refractivity contribution is 0.171. The number of nitrogens with one attached hydrogen (secondary N) is 1. The Kier molecular flexibility index (Phi) is 4.01. The average Bonchev–Trinajstić information content (AvgIpc) is 3.12. The molecule has 0 bridgehead atoms. The summed E-state index contributed by atoms with van der Waals surface area (Å²) in [6.45, 7) is 3.93. The van der Waals surface area contributed by atoms with Crippen LogP contribution in [0.2, 0.25) is 0 Å². The van der Waals surface area contributed by atoms with Gasteiger partial charge in [0.1, 0.15) is 24.6 Å². The van der Waals surface area contributed by atoms with Crippen molar-refractivity contribution in [3.05, 3.63) is 48.9 Å². The fourth-order valence-corrected chi connectivity index (χ4v) is 3.25. The summed E-state index contributed by atoms with van der Waals surface area (Å²) in [5.74, 6) is 2.82. The van der Waals surface area contributed by atoms with Crippen molar-refractivity contribution in [3.8, 4) is 22.9 Å². The van der Waals surface area contributed by atoms with Gasteiger partial charge in [0, 0.05) is 36.3 Å². The molecular formula is C20H18N6O2. The molecule has 0 aliphatic carbocycles. The van der Waals surface area contributed by atoms with Crippen LogP contribution >= 0.6 is 0 Å². The van der Waals surface area contributed by atoms with Crippen molar-refractivity contribution < 1.29 is 9.47 Å². The van der Waals surface area contributed by atoms with Gasteiger partial charge in [0.15, 0.2) is 17.1 Å². The van der Waals surface area contributed by atoms with Gasteiger partial charge in [-0.2, -0.15) is 4.98 Å². The number of fused-ring (bicyclic) bond motifs is 2. The minimum Gasteiger partial charge on any atom is -0.486 e. The summed E-state index contributed by atoms with van der Waals surface area (Å²) in [4.78, 5) is 17.9. The maximum atomic E-state index is 5.64. The number of benzene rings is 1. The first-order valence-electron chi connectivity index (χ1n) is 9.12. The zero-order valence-corrected chi connectivity index (χ0v) is 15.3. The summed E-state index contributed by atoms with van der Waals surface area (Å²) in [5, 5.41) is 3.24. The topological polar surface area (TPSA) is 87.0 Å². The van der Waals surface area contributed by atoms with E-state index < -0.39 is 0 Å². The van der Waals surface area contributed by atoms with Crippen LogP contribution < -0.4 is 14.8 Å². The molecule has 1 N–H and O–H groups in total. The lowest BCUT2D eigenvalue weighted by Crippen LogP contribution is -2.15. The van der Waals surface area contributed by atoms with E-state index in [0.717, 1.165) is 46.3 Å². The van der Waals surface area contributed by atoms with Crippen molar-refractivity contribution >= 4 is 22.8 Å². The van der Waals surface area contributed by atoms with Crippen molar-refractivity contribution in [2.24, 2.45) is 0 Å². The molecule has 0 atom stereocenters. The van der Waals surface area contributed by atoms with Crippen LogP contribution in [0.25, 0.3) is 22.6 Å². The molecule has 28 heavy (non-hydrogen) atoms. The highest BCUT2D eigenvalue weighted by Crippen LogP contribution is 2.33. The second-order valence-corrected chi connectivity index (χ2v) is 6.30. The second-order valence-electron chi connectivity index (χ2n) is 6.30. The minimum atomic E-state index is 0.500. The van der Waals surface area contributed by atoms with Gasteiger partial charge in [-0.15, -0.1) is 0 Å². The molecule has 4 heterocycles. The van der Waals surface area contributed by atoms with Crippen molar-refractivity contribution in [2.45, 2.75) is 13.5 Å². The molecule has 4 aromatic rings. The molecule has 0 radical (unpaired) electrons. The molecule has 8 heteroatoms. The fraction of sp³-hybridized carbons (Fsp3) is 0.200. The third-order valence-electron chi connectivity index (χ3n) is 4.54. The van der Waals surface area contributed by atoms with E-state index in [1.165, 1.54) is 0 Å².